The Balaban J connectivity index is 1.36. The van der Waals surface area contributed by atoms with E-state index in [0.717, 1.165) is 51.2 Å². The maximum absolute atomic E-state index is 13.2. The highest BCUT2D eigenvalue weighted by molar-refractivity contribution is 5.88. The highest BCUT2D eigenvalue weighted by Crippen LogP contribution is 2.32. The van der Waals surface area contributed by atoms with Gasteiger partial charge in [0.15, 0.2) is 0 Å². The van der Waals surface area contributed by atoms with Gasteiger partial charge in [-0.15, -0.1) is 0 Å². The number of morpholine rings is 1. The molecule has 2 saturated heterocycles. The largest absolute Gasteiger partial charge is 0.506 e. The van der Waals surface area contributed by atoms with Crippen LogP contribution in [-0.2, 0) is 22.4 Å². The number of carbonyl (C=O) groups excluding carboxylic acids is 1. The molecule has 2 aromatic carbocycles. The SMILES string of the molecule is CC(C)(C)OC(=O)N(CCc1ccccc1)C[C@H](O)c1ccc(O)c2[nH]c(=O)c(CN3CCC4(CC3)CNCCO4)cc12. The standard InChI is InChI=1S/C33H44N4O6/c1-32(2,3)43-31(41)37(15-11-23-7-5-4-6-8-23)21-28(39)25-9-10-27(38)29-26(25)19-24(30(40)35-29)20-36-16-12-33(13-17-36)22-34-14-18-42-33/h4-10,19,28,34,38-39H,11-18,20-22H2,1-3H3,(H,35,40)/t28-/m0/s1. The van der Waals surface area contributed by atoms with Crippen LogP contribution in [0.1, 0.15) is 56.4 Å². The molecule has 0 saturated carbocycles. The Morgan fingerprint density at radius 2 is 1.91 bits per heavy atom. The number of nitrogens with one attached hydrogen (secondary N) is 2. The van der Waals surface area contributed by atoms with Gasteiger partial charge in [0.1, 0.15) is 11.4 Å². The first-order valence-electron chi connectivity index (χ1n) is 15.2. The lowest BCUT2D eigenvalue weighted by molar-refractivity contribution is -0.100. The first kappa shape index (κ1) is 31.0. The molecule has 232 valence electrons. The van der Waals surface area contributed by atoms with Crippen molar-refractivity contribution in [3.05, 3.63) is 75.6 Å². The number of hydrogen-bond donors (Lipinski definition) is 4. The smallest absolute Gasteiger partial charge is 0.410 e. The van der Waals surface area contributed by atoms with Gasteiger partial charge >= 0.3 is 6.09 Å². The van der Waals surface area contributed by atoms with Crippen molar-refractivity contribution in [1.82, 2.24) is 20.1 Å². The fourth-order valence-corrected chi connectivity index (χ4v) is 5.94. The van der Waals surface area contributed by atoms with Crippen molar-refractivity contribution in [2.24, 2.45) is 0 Å². The molecular weight excluding hydrogens is 548 g/mol. The van der Waals surface area contributed by atoms with E-state index in [0.29, 0.717) is 36.0 Å². The number of carbonyl (C=O) groups is 1. The number of likely N-dealkylation sites (tertiary alicyclic amines) is 1. The number of H-pyrrole nitrogens is 1. The molecule has 2 aliphatic rings. The third kappa shape index (κ3) is 7.75. The van der Waals surface area contributed by atoms with Crippen LogP contribution < -0.4 is 10.9 Å². The van der Waals surface area contributed by atoms with Crippen LogP contribution in [0.2, 0.25) is 0 Å². The summed E-state index contributed by atoms with van der Waals surface area (Å²) in [4.78, 5) is 32.9. The molecule has 1 atom stereocenters. The number of piperidine rings is 1. The summed E-state index contributed by atoms with van der Waals surface area (Å²) in [6.45, 7) is 10.3. The number of phenolic OH excluding ortho intramolecular Hbond substituents is 1. The fourth-order valence-electron chi connectivity index (χ4n) is 5.94. The molecule has 1 spiro atoms. The van der Waals surface area contributed by atoms with E-state index in [9.17, 15) is 19.8 Å². The average molecular weight is 593 g/mol. The number of hydrogen-bond acceptors (Lipinski definition) is 8. The Hall–Kier alpha value is -3.44. The molecule has 3 aromatic rings. The van der Waals surface area contributed by atoms with Crippen molar-refractivity contribution < 1.29 is 24.5 Å². The van der Waals surface area contributed by atoms with Crippen molar-refractivity contribution in [2.45, 2.75) is 63.9 Å². The molecule has 0 unspecified atom stereocenters. The van der Waals surface area contributed by atoms with Gasteiger partial charge in [-0.05, 0) is 63.3 Å². The van der Waals surface area contributed by atoms with E-state index in [-0.39, 0.29) is 29.0 Å². The Morgan fingerprint density at radius 3 is 2.58 bits per heavy atom. The zero-order chi connectivity index (χ0) is 30.6. The highest BCUT2D eigenvalue weighted by Gasteiger charge is 2.37. The first-order valence-corrected chi connectivity index (χ1v) is 15.2. The van der Waals surface area contributed by atoms with Crippen LogP contribution in [0.5, 0.6) is 5.75 Å². The van der Waals surface area contributed by atoms with E-state index in [2.05, 4.69) is 15.2 Å². The highest BCUT2D eigenvalue weighted by atomic mass is 16.6. The van der Waals surface area contributed by atoms with Gasteiger partial charge in [-0.25, -0.2) is 4.79 Å². The van der Waals surface area contributed by atoms with Gasteiger partial charge in [-0.3, -0.25) is 9.69 Å². The molecule has 0 bridgehead atoms. The molecule has 5 rings (SSSR count). The number of fused-ring (bicyclic) bond motifs is 1. The summed E-state index contributed by atoms with van der Waals surface area (Å²) in [5.41, 5.74) is 1.30. The van der Waals surface area contributed by atoms with Crippen molar-refractivity contribution in [2.75, 3.05) is 45.9 Å². The van der Waals surface area contributed by atoms with E-state index < -0.39 is 17.8 Å². The number of amides is 1. The summed E-state index contributed by atoms with van der Waals surface area (Å²) in [7, 11) is 0. The fraction of sp³-hybridized carbons (Fsp3) is 0.515. The van der Waals surface area contributed by atoms with Gasteiger partial charge < -0.3 is 34.9 Å². The summed E-state index contributed by atoms with van der Waals surface area (Å²) >= 11 is 0. The van der Waals surface area contributed by atoms with Gasteiger partial charge in [0.25, 0.3) is 5.56 Å². The Labute approximate surface area is 252 Å². The van der Waals surface area contributed by atoms with Crippen LogP contribution in [0, 0.1) is 0 Å². The second-order valence-corrected chi connectivity index (χ2v) is 12.7. The van der Waals surface area contributed by atoms with Gasteiger partial charge in [-0.1, -0.05) is 36.4 Å². The molecule has 0 radical (unpaired) electrons. The monoisotopic (exact) mass is 592 g/mol. The van der Waals surface area contributed by atoms with Crippen molar-refractivity contribution in [1.29, 1.82) is 0 Å². The number of benzene rings is 2. The quantitative estimate of drug-likeness (QED) is 0.312. The van der Waals surface area contributed by atoms with Crippen LogP contribution in [-0.4, -0.2) is 88.2 Å². The number of aliphatic hydroxyl groups is 1. The van der Waals surface area contributed by atoms with E-state index in [1.54, 1.807) is 12.1 Å². The molecule has 2 aliphatic heterocycles. The molecule has 43 heavy (non-hydrogen) atoms. The number of rotatable bonds is 8. The lowest BCUT2D eigenvalue weighted by Crippen LogP contribution is -2.55. The molecule has 0 aliphatic carbocycles. The Morgan fingerprint density at radius 1 is 1.16 bits per heavy atom. The number of aromatic amines is 1. The van der Waals surface area contributed by atoms with Crippen LogP contribution in [0.15, 0.2) is 53.3 Å². The van der Waals surface area contributed by atoms with Crippen molar-refractivity contribution in [3.8, 4) is 5.75 Å². The number of ether oxygens (including phenoxy) is 2. The molecule has 1 amide bonds. The zero-order valence-electron chi connectivity index (χ0n) is 25.4. The van der Waals surface area contributed by atoms with Gasteiger partial charge in [0, 0.05) is 50.2 Å². The van der Waals surface area contributed by atoms with Gasteiger partial charge in [0.2, 0.25) is 0 Å². The normalized spacial score (nSPS) is 18.0. The number of aliphatic hydroxyl groups excluding tert-OH is 1. The van der Waals surface area contributed by atoms with Crippen LogP contribution in [0.3, 0.4) is 0 Å². The topological polar surface area (TPSA) is 127 Å². The van der Waals surface area contributed by atoms with Crippen LogP contribution in [0.4, 0.5) is 4.79 Å². The van der Waals surface area contributed by atoms with E-state index in [4.69, 9.17) is 9.47 Å². The molecule has 1 aromatic heterocycles. The summed E-state index contributed by atoms with van der Waals surface area (Å²) < 4.78 is 11.8. The maximum atomic E-state index is 13.2. The number of phenols is 1. The third-order valence-electron chi connectivity index (χ3n) is 8.32. The molecule has 4 N–H and O–H groups in total. The average Bonchev–Trinajstić information content (AvgIpc) is 2.97. The van der Waals surface area contributed by atoms with E-state index >= 15 is 0 Å². The third-order valence-corrected chi connectivity index (χ3v) is 8.32. The Bertz CT molecular complexity index is 1450. The lowest BCUT2D eigenvalue weighted by Gasteiger charge is -2.44. The minimum Gasteiger partial charge on any atom is -0.506 e. The van der Waals surface area contributed by atoms with Gasteiger partial charge in [0.05, 0.1) is 30.4 Å². The first-order chi connectivity index (χ1) is 20.5. The van der Waals surface area contributed by atoms with Crippen molar-refractivity contribution >= 4 is 17.0 Å². The second-order valence-electron chi connectivity index (χ2n) is 12.7. The van der Waals surface area contributed by atoms with Gasteiger partial charge in [-0.2, -0.15) is 0 Å². The minimum atomic E-state index is -1.09. The lowest BCUT2D eigenvalue weighted by atomic mass is 9.90. The number of nitrogens with zero attached hydrogens (tertiary/aromatic N) is 2. The van der Waals surface area contributed by atoms with Crippen LogP contribution >= 0.6 is 0 Å². The second kappa shape index (κ2) is 13.1. The minimum absolute atomic E-state index is 0.0156. The number of aromatic hydroxyl groups is 1. The predicted octanol–water partition coefficient (Wildman–Crippen LogP) is 3.70. The number of aromatic nitrogens is 1. The maximum Gasteiger partial charge on any atom is 0.410 e. The molecule has 10 heteroatoms. The van der Waals surface area contributed by atoms with Crippen LogP contribution in [0.25, 0.3) is 10.9 Å². The summed E-state index contributed by atoms with van der Waals surface area (Å²) in [5.74, 6) is -0.0791. The summed E-state index contributed by atoms with van der Waals surface area (Å²) in [6, 6.07) is 14.7. The molecule has 3 heterocycles. The summed E-state index contributed by atoms with van der Waals surface area (Å²) in [5, 5.41) is 26.1. The molecule has 10 nitrogen and oxygen atoms in total. The number of pyridine rings is 1. The predicted molar refractivity (Wildman–Crippen MR) is 165 cm³/mol. The van der Waals surface area contributed by atoms with E-state index in [1.807, 2.05) is 51.1 Å². The Kier molecular flexibility index (Phi) is 9.41. The molecule has 2 fully saturated rings. The van der Waals surface area contributed by atoms with E-state index in [1.165, 1.54) is 11.0 Å². The molecular formula is C33H44N4O6. The van der Waals surface area contributed by atoms with Crippen molar-refractivity contribution in [3.63, 3.8) is 0 Å². The zero-order valence-corrected chi connectivity index (χ0v) is 25.4. The summed E-state index contributed by atoms with van der Waals surface area (Å²) in [6.07, 6.45) is 0.772.